The van der Waals surface area contributed by atoms with Gasteiger partial charge in [-0.1, -0.05) is 22.9 Å². The van der Waals surface area contributed by atoms with Crippen LogP contribution in [0.3, 0.4) is 0 Å². The first-order valence-electron chi connectivity index (χ1n) is 3.79. The van der Waals surface area contributed by atoms with Crippen molar-refractivity contribution in [1.29, 1.82) is 0 Å². The molecule has 6 nitrogen and oxygen atoms in total. The fourth-order valence-corrected chi connectivity index (χ4v) is 1.37. The minimum Gasteiger partial charge on any atom is -0.479 e. The lowest BCUT2D eigenvalue weighted by Gasteiger charge is -2.30. The molecule has 14 heavy (non-hydrogen) atoms. The van der Waals surface area contributed by atoms with Crippen LogP contribution in [0, 0.1) is 0 Å². The average Bonchev–Trinajstić information content (AvgIpc) is 2.13. The average molecular weight is 271 g/mol. The topological polar surface area (TPSA) is 115 Å². The summed E-state index contributed by atoms with van der Waals surface area (Å²) >= 11 is 2.81. The minimum absolute atomic E-state index is 0.160. The maximum absolute atomic E-state index is 10.7. The van der Waals surface area contributed by atoms with Crippen LogP contribution in [0.15, 0.2) is 0 Å². The van der Waals surface area contributed by atoms with Crippen molar-refractivity contribution in [2.45, 2.75) is 29.9 Å². The summed E-state index contributed by atoms with van der Waals surface area (Å²) in [6, 6.07) is 0. The van der Waals surface area contributed by atoms with Gasteiger partial charge in [0.1, 0.15) is 0 Å². The molecule has 0 aliphatic rings. The molecule has 3 unspecified atom stereocenters. The van der Waals surface area contributed by atoms with E-state index in [-0.39, 0.29) is 6.42 Å². The third-order valence-electron chi connectivity index (χ3n) is 1.83. The molecule has 0 aliphatic carbocycles. The molecule has 7 heteroatoms. The molecule has 3 atom stereocenters. The summed E-state index contributed by atoms with van der Waals surface area (Å²) in [5.74, 6) is -3.57. The van der Waals surface area contributed by atoms with Crippen LogP contribution < -0.4 is 0 Å². The minimum atomic E-state index is -2.72. The third kappa shape index (κ3) is 2.23. The Labute approximate surface area is 88.3 Å². The van der Waals surface area contributed by atoms with Gasteiger partial charge in [-0.3, -0.25) is 0 Å². The molecule has 4 N–H and O–H groups in total. The molecule has 0 radical (unpaired) electrons. The van der Waals surface area contributed by atoms with Crippen molar-refractivity contribution in [1.82, 2.24) is 0 Å². The Balaban J connectivity index is 5.09. The highest BCUT2D eigenvalue weighted by Gasteiger charge is 2.52. The Kier molecular flexibility index (Phi) is 4.50. The second-order valence-corrected chi connectivity index (χ2v) is 3.85. The highest BCUT2D eigenvalue weighted by molar-refractivity contribution is 9.09. The Morgan fingerprint density at radius 1 is 1.43 bits per heavy atom. The summed E-state index contributed by atoms with van der Waals surface area (Å²) in [6.07, 6.45) is -2.21. The predicted octanol–water partition coefficient (Wildman–Crippen LogP) is -0.579. The maximum atomic E-state index is 10.7. The standard InChI is InChI=1S/C7H11BrO6/c1-2-3(8)7(14,6(12)13)4(9)5(10)11/h3-4,9,14H,2H2,1H3,(H,10,11)(H,12,13). The molecule has 0 fully saturated rings. The van der Waals surface area contributed by atoms with Gasteiger partial charge < -0.3 is 20.4 Å². The molecule has 0 aliphatic heterocycles. The molecule has 0 saturated heterocycles. The summed E-state index contributed by atoms with van der Waals surface area (Å²) < 4.78 is 0. The summed E-state index contributed by atoms with van der Waals surface area (Å²) in [5.41, 5.74) is -2.72. The lowest BCUT2D eigenvalue weighted by atomic mass is 9.91. The zero-order valence-electron chi connectivity index (χ0n) is 7.35. The first-order chi connectivity index (χ1) is 6.28. The molecule has 82 valence electrons. The number of aliphatic hydroxyl groups excluding tert-OH is 1. The summed E-state index contributed by atoms with van der Waals surface area (Å²) in [4.78, 5) is 20.0. The van der Waals surface area contributed by atoms with Crippen LogP contribution in [0.5, 0.6) is 0 Å². The number of carboxylic acid groups (broad SMARTS) is 2. The first kappa shape index (κ1) is 13.3. The number of rotatable bonds is 5. The summed E-state index contributed by atoms with van der Waals surface area (Å²) in [5, 5.41) is 35.6. The van der Waals surface area contributed by atoms with Crippen LogP contribution in [0.4, 0.5) is 0 Å². The van der Waals surface area contributed by atoms with Crippen molar-refractivity contribution in [3.05, 3.63) is 0 Å². The van der Waals surface area contributed by atoms with Crippen molar-refractivity contribution < 1.29 is 30.0 Å². The van der Waals surface area contributed by atoms with Gasteiger partial charge in [0.25, 0.3) is 0 Å². The molecule has 0 saturated carbocycles. The SMILES string of the molecule is CCC(Br)C(O)(C(=O)O)C(O)C(=O)O. The Morgan fingerprint density at radius 2 is 1.86 bits per heavy atom. The van der Waals surface area contributed by atoms with Gasteiger partial charge in [0.05, 0.1) is 4.83 Å². The fourth-order valence-electron chi connectivity index (χ4n) is 0.922. The lowest BCUT2D eigenvalue weighted by molar-refractivity contribution is -0.183. The van der Waals surface area contributed by atoms with E-state index in [4.69, 9.17) is 15.3 Å². The number of halogens is 1. The van der Waals surface area contributed by atoms with Gasteiger partial charge >= 0.3 is 11.9 Å². The third-order valence-corrected chi connectivity index (χ3v) is 3.17. The molecule has 0 rings (SSSR count). The Morgan fingerprint density at radius 3 is 2.07 bits per heavy atom. The predicted molar refractivity (Wildman–Crippen MR) is 49.2 cm³/mol. The molecule has 0 aromatic carbocycles. The van der Waals surface area contributed by atoms with E-state index in [9.17, 15) is 14.7 Å². The van der Waals surface area contributed by atoms with Crippen LogP contribution in [0.1, 0.15) is 13.3 Å². The van der Waals surface area contributed by atoms with E-state index in [0.29, 0.717) is 0 Å². The van der Waals surface area contributed by atoms with Gasteiger partial charge in [-0.05, 0) is 6.42 Å². The van der Waals surface area contributed by atoms with Crippen molar-refractivity contribution in [2.24, 2.45) is 0 Å². The van der Waals surface area contributed by atoms with Gasteiger partial charge in [0.15, 0.2) is 6.10 Å². The fraction of sp³-hybridized carbons (Fsp3) is 0.714. The maximum Gasteiger partial charge on any atom is 0.340 e. The second-order valence-electron chi connectivity index (χ2n) is 2.75. The number of hydrogen-bond acceptors (Lipinski definition) is 4. The van der Waals surface area contributed by atoms with Gasteiger partial charge in [0.2, 0.25) is 5.60 Å². The van der Waals surface area contributed by atoms with Crippen LogP contribution in [0.25, 0.3) is 0 Å². The van der Waals surface area contributed by atoms with E-state index in [1.54, 1.807) is 6.92 Å². The molecule has 0 aromatic heterocycles. The summed E-state index contributed by atoms with van der Waals surface area (Å²) in [6.45, 7) is 1.54. The van der Waals surface area contributed by atoms with Crippen molar-refractivity contribution >= 4 is 27.9 Å². The van der Waals surface area contributed by atoms with Crippen molar-refractivity contribution in [2.75, 3.05) is 0 Å². The van der Waals surface area contributed by atoms with Crippen LogP contribution in [-0.4, -0.2) is 48.9 Å². The molecule has 0 aromatic rings. The molecular formula is C7H11BrO6. The Hall–Kier alpha value is -0.660. The molecule has 0 heterocycles. The Bertz CT molecular complexity index is 242. The van der Waals surface area contributed by atoms with Gasteiger partial charge in [-0.15, -0.1) is 0 Å². The van der Waals surface area contributed by atoms with Gasteiger partial charge in [0, 0.05) is 0 Å². The van der Waals surface area contributed by atoms with Crippen LogP contribution in [0.2, 0.25) is 0 Å². The number of carboxylic acids is 2. The van der Waals surface area contributed by atoms with Crippen molar-refractivity contribution in [3.63, 3.8) is 0 Å². The molecular weight excluding hydrogens is 260 g/mol. The van der Waals surface area contributed by atoms with Gasteiger partial charge in [-0.25, -0.2) is 9.59 Å². The number of aliphatic hydroxyl groups is 2. The highest BCUT2D eigenvalue weighted by Crippen LogP contribution is 2.25. The second kappa shape index (κ2) is 4.72. The number of hydrogen-bond donors (Lipinski definition) is 4. The summed E-state index contributed by atoms with van der Waals surface area (Å²) in [7, 11) is 0. The zero-order chi connectivity index (χ0) is 11.5. The lowest BCUT2D eigenvalue weighted by Crippen LogP contribution is -2.58. The van der Waals surface area contributed by atoms with E-state index in [1.807, 2.05) is 0 Å². The van der Waals surface area contributed by atoms with Crippen molar-refractivity contribution in [3.8, 4) is 0 Å². The van der Waals surface area contributed by atoms with Gasteiger partial charge in [-0.2, -0.15) is 0 Å². The molecule has 0 spiro atoms. The zero-order valence-corrected chi connectivity index (χ0v) is 8.93. The number of aliphatic carboxylic acids is 2. The van der Waals surface area contributed by atoms with E-state index < -0.39 is 28.5 Å². The molecule has 0 amide bonds. The van der Waals surface area contributed by atoms with Crippen LogP contribution in [-0.2, 0) is 9.59 Å². The normalized spacial score (nSPS) is 19.4. The smallest absolute Gasteiger partial charge is 0.340 e. The van der Waals surface area contributed by atoms with E-state index in [1.165, 1.54) is 0 Å². The number of alkyl halides is 1. The quantitative estimate of drug-likeness (QED) is 0.497. The monoisotopic (exact) mass is 270 g/mol. The number of carbonyl (C=O) groups is 2. The van der Waals surface area contributed by atoms with E-state index in [0.717, 1.165) is 0 Å². The highest BCUT2D eigenvalue weighted by atomic mass is 79.9. The molecule has 0 bridgehead atoms. The largest absolute Gasteiger partial charge is 0.479 e. The van der Waals surface area contributed by atoms with Crippen LogP contribution >= 0.6 is 15.9 Å². The van der Waals surface area contributed by atoms with E-state index in [2.05, 4.69) is 15.9 Å². The van der Waals surface area contributed by atoms with E-state index >= 15 is 0 Å². The first-order valence-corrected chi connectivity index (χ1v) is 4.70.